The van der Waals surface area contributed by atoms with Crippen molar-refractivity contribution in [3.63, 3.8) is 0 Å². The molecule has 0 aromatic heterocycles. The molecule has 0 spiro atoms. The second kappa shape index (κ2) is 5.58. The van der Waals surface area contributed by atoms with E-state index >= 15 is 0 Å². The summed E-state index contributed by atoms with van der Waals surface area (Å²) in [6, 6.07) is 6.09. The van der Waals surface area contributed by atoms with E-state index in [-0.39, 0.29) is 11.8 Å². The Labute approximate surface area is 107 Å². The predicted molar refractivity (Wildman–Crippen MR) is 74.6 cm³/mol. The van der Waals surface area contributed by atoms with Crippen LogP contribution in [0.25, 0.3) is 0 Å². The van der Waals surface area contributed by atoms with Gasteiger partial charge in [0.2, 0.25) is 5.91 Å². The summed E-state index contributed by atoms with van der Waals surface area (Å²) in [7, 11) is 0. The number of carbonyl (C=O) groups is 1. The second-order valence-electron chi connectivity index (χ2n) is 4.67. The van der Waals surface area contributed by atoms with Gasteiger partial charge in [0.1, 0.15) is 0 Å². The van der Waals surface area contributed by atoms with Crippen LogP contribution in [-0.4, -0.2) is 17.4 Å². The van der Waals surface area contributed by atoms with E-state index in [4.69, 9.17) is 0 Å². The van der Waals surface area contributed by atoms with E-state index in [0.717, 1.165) is 30.0 Å². The fourth-order valence-electron chi connectivity index (χ4n) is 2.02. The minimum atomic E-state index is 0.188. The quantitative estimate of drug-likeness (QED) is 0.870. The van der Waals surface area contributed by atoms with Crippen LogP contribution < -0.4 is 5.32 Å². The highest BCUT2D eigenvalue weighted by molar-refractivity contribution is 7.99. The molecule has 1 saturated heterocycles. The number of hydrogen-bond donors (Lipinski definition) is 1. The largest absolute Gasteiger partial charge is 0.326 e. The fourth-order valence-corrected chi connectivity index (χ4v) is 3.13. The molecule has 3 heteroatoms. The molecule has 1 aliphatic heterocycles. The number of amides is 1. The van der Waals surface area contributed by atoms with Gasteiger partial charge in [-0.05, 0) is 61.5 Å². The molecule has 0 saturated carbocycles. The topological polar surface area (TPSA) is 29.1 Å². The lowest BCUT2D eigenvalue weighted by molar-refractivity contribution is -0.120. The van der Waals surface area contributed by atoms with E-state index in [9.17, 15) is 4.79 Å². The molecule has 92 valence electrons. The van der Waals surface area contributed by atoms with Crippen LogP contribution in [-0.2, 0) is 4.79 Å². The van der Waals surface area contributed by atoms with Crippen LogP contribution in [0.1, 0.15) is 24.0 Å². The Morgan fingerprint density at radius 1 is 1.24 bits per heavy atom. The van der Waals surface area contributed by atoms with Gasteiger partial charge in [-0.3, -0.25) is 4.79 Å². The Balaban J connectivity index is 1.99. The van der Waals surface area contributed by atoms with Crippen molar-refractivity contribution >= 4 is 23.4 Å². The zero-order valence-corrected chi connectivity index (χ0v) is 11.3. The number of carbonyl (C=O) groups excluding carboxylic acids is 1. The van der Waals surface area contributed by atoms with E-state index in [0.29, 0.717) is 0 Å². The normalized spacial score (nSPS) is 16.8. The minimum Gasteiger partial charge on any atom is -0.326 e. The molecule has 2 nitrogen and oxygen atoms in total. The Hall–Kier alpha value is -0.960. The van der Waals surface area contributed by atoms with E-state index < -0.39 is 0 Å². The second-order valence-corrected chi connectivity index (χ2v) is 5.90. The Morgan fingerprint density at radius 3 is 2.59 bits per heavy atom. The van der Waals surface area contributed by atoms with Gasteiger partial charge in [0.05, 0.1) is 0 Å². The standard InChI is InChI=1S/C14H19NOS/c1-10-3-4-13(9-11(10)2)15-14(16)12-5-7-17-8-6-12/h3-4,9,12H,5-8H2,1-2H3,(H,15,16). The number of thioether (sulfide) groups is 1. The Morgan fingerprint density at radius 2 is 1.94 bits per heavy atom. The summed E-state index contributed by atoms with van der Waals surface area (Å²) in [6.07, 6.45) is 2.03. The zero-order chi connectivity index (χ0) is 12.3. The summed E-state index contributed by atoms with van der Waals surface area (Å²) in [5.74, 6) is 2.63. The lowest BCUT2D eigenvalue weighted by Crippen LogP contribution is -2.26. The summed E-state index contributed by atoms with van der Waals surface area (Å²) in [5.41, 5.74) is 3.41. The minimum absolute atomic E-state index is 0.188. The molecular weight excluding hydrogens is 230 g/mol. The average Bonchev–Trinajstić information content (AvgIpc) is 2.35. The number of rotatable bonds is 2. The first kappa shape index (κ1) is 12.5. The lowest BCUT2D eigenvalue weighted by Gasteiger charge is -2.20. The highest BCUT2D eigenvalue weighted by atomic mass is 32.2. The van der Waals surface area contributed by atoms with Gasteiger partial charge in [0, 0.05) is 11.6 Å². The van der Waals surface area contributed by atoms with E-state index in [1.165, 1.54) is 11.1 Å². The molecular formula is C14H19NOS. The van der Waals surface area contributed by atoms with Crippen molar-refractivity contribution in [2.75, 3.05) is 16.8 Å². The molecule has 1 aromatic carbocycles. The predicted octanol–water partition coefficient (Wildman–Crippen LogP) is 3.39. The van der Waals surface area contributed by atoms with Crippen molar-refractivity contribution in [3.05, 3.63) is 29.3 Å². The van der Waals surface area contributed by atoms with Crippen LogP contribution in [0.15, 0.2) is 18.2 Å². The van der Waals surface area contributed by atoms with Gasteiger partial charge >= 0.3 is 0 Å². The average molecular weight is 249 g/mol. The number of nitrogens with one attached hydrogen (secondary N) is 1. The van der Waals surface area contributed by atoms with Gasteiger partial charge in [0.25, 0.3) is 0 Å². The van der Waals surface area contributed by atoms with Crippen molar-refractivity contribution in [1.29, 1.82) is 0 Å². The third-order valence-electron chi connectivity index (χ3n) is 3.37. The smallest absolute Gasteiger partial charge is 0.227 e. The number of hydrogen-bond acceptors (Lipinski definition) is 2. The molecule has 0 radical (unpaired) electrons. The maximum atomic E-state index is 12.0. The maximum Gasteiger partial charge on any atom is 0.227 e. The summed E-state index contributed by atoms with van der Waals surface area (Å²) >= 11 is 1.95. The zero-order valence-electron chi connectivity index (χ0n) is 10.5. The Kier molecular flexibility index (Phi) is 4.11. The van der Waals surface area contributed by atoms with Gasteiger partial charge in [0.15, 0.2) is 0 Å². The highest BCUT2D eigenvalue weighted by Gasteiger charge is 2.21. The number of aryl methyl sites for hydroxylation is 2. The van der Waals surface area contributed by atoms with Crippen molar-refractivity contribution in [1.82, 2.24) is 0 Å². The fraction of sp³-hybridized carbons (Fsp3) is 0.500. The van der Waals surface area contributed by atoms with Gasteiger partial charge in [-0.25, -0.2) is 0 Å². The van der Waals surface area contributed by atoms with Crippen LogP contribution in [0.5, 0.6) is 0 Å². The molecule has 1 N–H and O–H groups in total. The summed E-state index contributed by atoms with van der Waals surface area (Å²) in [4.78, 5) is 12.0. The monoisotopic (exact) mass is 249 g/mol. The first-order chi connectivity index (χ1) is 8.16. The van der Waals surface area contributed by atoms with Crippen LogP contribution in [0.2, 0.25) is 0 Å². The van der Waals surface area contributed by atoms with Crippen LogP contribution in [0, 0.1) is 19.8 Å². The van der Waals surface area contributed by atoms with Gasteiger partial charge in [-0.15, -0.1) is 0 Å². The van der Waals surface area contributed by atoms with E-state index in [1.807, 2.05) is 23.9 Å². The molecule has 1 aromatic rings. The van der Waals surface area contributed by atoms with Gasteiger partial charge in [-0.2, -0.15) is 11.8 Å². The molecule has 2 rings (SSSR count). The molecule has 1 aliphatic rings. The highest BCUT2D eigenvalue weighted by Crippen LogP contribution is 2.24. The molecule has 1 fully saturated rings. The summed E-state index contributed by atoms with van der Waals surface area (Å²) in [5, 5.41) is 3.03. The van der Waals surface area contributed by atoms with Crippen molar-refractivity contribution in [3.8, 4) is 0 Å². The van der Waals surface area contributed by atoms with E-state index in [1.54, 1.807) is 0 Å². The van der Waals surface area contributed by atoms with Gasteiger partial charge < -0.3 is 5.32 Å². The van der Waals surface area contributed by atoms with Crippen molar-refractivity contribution in [2.24, 2.45) is 5.92 Å². The molecule has 1 heterocycles. The molecule has 0 unspecified atom stereocenters. The van der Waals surface area contributed by atoms with E-state index in [2.05, 4.69) is 25.2 Å². The third-order valence-corrected chi connectivity index (χ3v) is 4.42. The summed E-state index contributed by atoms with van der Waals surface area (Å²) < 4.78 is 0. The van der Waals surface area contributed by atoms with Crippen molar-refractivity contribution in [2.45, 2.75) is 26.7 Å². The number of benzene rings is 1. The SMILES string of the molecule is Cc1ccc(NC(=O)C2CCSCC2)cc1C. The van der Waals surface area contributed by atoms with Gasteiger partial charge in [-0.1, -0.05) is 6.07 Å². The van der Waals surface area contributed by atoms with Crippen LogP contribution in [0.4, 0.5) is 5.69 Å². The maximum absolute atomic E-state index is 12.0. The molecule has 0 atom stereocenters. The molecule has 0 bridgehead atoms. The first-order valence-electron chi connectivity index (χ1n) is 6.12. The first-order valence-corrected chi connectivity index (χ1v) is 7.28. The number of anilines is 1. The lowest BCUT2D eigenvalue weighted by atomic mass is 10.0. The van der Waals surface area contributed by atoms with Crippen LogP contribution in [0.3, 0.4) is 0 Å². The molecule has 17 heavy (non-hydrogen) atoms. The summed E-state index contributed by atoms with van der Waals surface area (Å²) in [6.45, 7) is 4.15. The third kappa shape index (κ3) is 3.25. The van der Waals surface area contributed by atoms with Crippen LogP contribution >= 0.6 is 11.8 Å². The molecule has 1 amide bonds. The molecule has 0 aliphatic carbocycles. The Bertz CT molecular complexity index is 411. The van der Waals surface area contributed by atoms with Crippen molar-refractivity contribution < 1.29 is 4.79 Å².